The van der Waals surface area contributed by atoms with E-state index < -0.39 is 10.0 Å². The maximum Gasteiger partial charge on any atom is 0.211 e. The molecule has 0 unspecified atom stereocenters. The van der Waals surface area contributed by atoms with Crippen LogP contribution in [0.25, 0.3) is 21.9 Å². The molecule has 4 rings (SSSR count). The van der Waals surface area contributed by atoms with Crippen molar-refractivity contribution in [1.82, 2.24) is 14.3 Å². The van der Waals surface area contributed by atoms with Crippen LogP contribution in [0.4, 0.5) is 0 Å². The van der Waals surface area contributed by atoms with Gasteiger partial charge in [0.1, 0.15) is 11.9 Å². The van der Waals surface area contributed by atoms with Crippen molar-refractivity contribution in [3.63, 3.8) is 0 Å². The Kier molecular flexibility index (Phi) is 4.80. The van der Waals surface area contributed by atoms with Gasteiger partial charge in [-0.2, -0.15) is 0 Å². The lowest BCUT2D eigenvalue weighted by Crippen LogP contribution is -2.41. The molecule has 6 nitrogen and oxygen atoms in total. The molecule has 0 amide bonds. The maximum atomic E-state index is 11.7. The van der Waals surface area contributed by atoms with Gasteiger partial charge >= 0.3 is 0 Å². The van der Waals surface area contributed by atoms with Crippen molar-refractivity contribution in [3.8, 4) is 16.9 Å². The lowest BCUT2D eigenvalue weighted by Gasteiger charge is -2.30. The first kappa shape index (κ1) is 17.9. The number of sulfonamides is 1. The summed E-state index contributed by atoms with van der Waals surface area (Å²) in [6.45, 7) is 0.980. The third-order valence-electron chi connectivity index (χ3n) is 4.90. The summed E-state index contributed by atoms with van der Waals surface area (Å²) in [5.41, 5.74) is 2.13. The zero-order valence-corrected chi connectivity index (χ0v) is 15.9. The molecule has 140 valence electrons. The Hall–Kier alpha value is -2.51. The van der Waals surface area contributed by atoms with Crippen molar-refractivity contribution in [3.05, 3.63) is 55.1 Å². The second-order valence-electron chi connectivity index (χ2n) is 6.79. The number of fused-ring (bicyclic) bond motifs is 1. The molecule has 1 aromatic carbocycles. The minimum Gasteiger partial charge on any atom is -0.490 e. The molecular formula is C20H21N3O3S. The van der Waals surface area contributed by atoms with E-state index in [1.807, 2.05) is 30.5 Å². The van der Waals surface area contributed by atoms with Crippen LogP contribution in [0.3, 0.4) is 0 Å². The fourth-order valence-corrected chi connectivity index (χ4v) is 4.31. The van der Waals surface area contributed by atoms with Crippen LogP contribution >= 0.6 is 0 Å². The zero-order valence-electron chi connectivity index (χ0n) is 15.1. The van der Waals surface area contributed by atoms with Crippen LogP contribution in [0.1, 0.15) is 12.8 Å². The molecule has 1 fully saturated rings. The Morgan fingerprint density at radius 1 is 1.00 bits per heavy atom. The number of piperidine rings is 1. The molecular weight excluding hydrogens is 362 g/mol. The standard InChI is InChI=1S/C20H21N3O3S/c1-27(24,25)23-10-5-18(6-11-23)26-20-13-17(15-2-7-21-8-3-15)12-16-4-9-22-14-19(16)20/h2-4,7-9,12-14,18H,5-6,10-11H2,1H3. The van der Waals surface area contributed by atoms with Crippen LogP contribution in [0, 0.1) is 0 Å². The predicted molar refractivity (Wildman–Crippen MR) is 105 cm³/mol. The summed E-state index contributed by atoms with van der Waals surface area (Å²) in [4.78, 5) is 8.32. The Balaban J connectivity index is 1.63. The number of rotatable bonds is 4. The van der Waals surface area contributed by atoms with Crippen LogP contribution in [0.5, 0.6) is 5.75 Å². The van der Waals surface area contributed by atoms with E-state index in [-0.39, 0.29) is 6.10 Å². The molecule has 2 aromatic heterocycles. The highest BCUT2D eigenvalue weighted by Crippen LogP contribution is 2.33. The van der Waals surface area contributed by atoms with Gasteiger partial charge in [-0.25, -0.2) is 12.7 Å². The van der Waals surface area contributed by atoms with Gasteiger partial charge in [0.2, 0.25) is 10.0 Å². The Bertz CT molecular complexity index is 1050. The summed E-state index contributed by atoms with van der Waals surface area (Å²) in [6.07, 6.45) is 9.72. The smallest absolute Gasteiger partial charge is 0.211 e. The van der Waals surface area contributed by atoms with E-state index in [1.165, 1.54) is 10.6 Å². The summed E-state index contributed by atoms with van der Waals surface area (Å²) in [5.74, 6) is 0.783. The van der Waals surface area contributed by atoms with Crippen LogP contribution in [0.2, 0.25) is 0 Å². The van der Waals surface area contributed by atoms with Gasteiger partial charge in [-0.3, -0.25) is 9.97 Å². The Morgan fingerprint density at radius 3 is 2.41 bits per heavy atom. The number of hydrogen-bond acceptors (Lipinski definition) is 5. The molecule has 27 heavy (non-hydrogen) atoms. The Morgan fingerprint density at radius 2 is 1.70 bits per heavy atom. The van der Waals surface area contributed by atoms with Crippen molar-refractivity contribution in [1.29, 1.82) is 0 Å². The molecule has 3 aromatic rings. The summed E-state index contributed by atoms with van der Waals surface area (Å²) in [6, 6.07) is 10.1. The van der Waals surface area contributed by atoms with E-state index in [9.17, 15) is 8.42 Å². The SMILES string of the molecule is CS(=O)(=O)N1CCC(Oc2cc(-c3ccncc3)cc3ccncc23)CC1. The van der Waals surface area contributed by atoms with Gasteiger partial charge in [0.25, 0.3) is 0 Å². The fourth-order valence-electron chi connectivity index (χ4n) is 3.43. The molecule has 7 heteroatoms. The quantitative estimate of drug-likeness (QED) is 0.692. The molecule has 0 spiro atoms. The van der Waals surface area contributed by atoms with E-state index in [4.69, 9.17) is 4.74 Å². The predicted octanol–water partition coefficient (Wildman–Crippen LogP) is 3.10. The van der Waals surface area contributed by atoms with Crippen LogP contribution in [0.15, 0.2) is 55.1 Å². The van der Waals surface area contributed by atoms with Gasteiger partial charge in [0, 0.05) is 43.3 Å². The highest BCUT2D eigenvalue weighted by atomic mass is 32.2. The molecule has 3 heterocycles. The van der Waals surface area contributed by atoms with E-state index in [2.05, 4.69) is 16.0 Å². The molecule has 1 aliphatic rings. The Labute approximate surface area is 158 Å². The van der Waals surface area contributed by atoms with Gasteiger partial charge in [-0.15, -0.1) is 0 Å². The fraction of sp³-hybridized carbons (Fsp3) is 0.300. The van der Waals surface area contributed by atoms with Gasteiger partial charge in [0.15, 0.2) is 0 Å². The summed E-state index contributed by atoms with van der Waals surface area (Å²) in [5, 5.41) is 2.02. The van der Waals surface area contributed by atoms with Crippen molar-refractivity contribution in [2.24, 2.45) is 0 Å². The molecule has 0 radical (unpaired) electrons. The first-order valence-corrected chi connectivity index (χ1v) is 10.8. The minimum atomic E-state index is -3.14. The summed E-state index contributed by atoms with van der Waals surface area (Å²) < 4.78 is 31.2. The van der Waals surface area contributed by atoms with Crippen LogP contribution < -0.4 is 4.74 Å². The second kappa shape index (κ2) is 7.25. The van der Waals surface area contributed by atoms with E-state index in [1.54, 1.807) is 18.6 Å². The summed E-state index contributed by atoms with van der Waals surface area (Å²) >= 11 is 0. The highest BCUT2D eigenvalue weighted by molar-refractivity contribution is 7.88. The largest absolute Gasteiger partial charge is 0.490 e. The third kappa shape index (κ3) is 3.94. The lowest BCUT2D eigenvalue weighted by atomic mass is 10.0. The average molecular weight is 383 g/mol. The van der Waals surface area contributed by atoms with Crippen molar-refractivity contribution in [2.45, 2.75) is 18.9 Å². The van der Waals surface area contributed by atoms with Crippen LogP contribution in [-0.4, -0.2) is 48.1 Å². The first-order valence-electron chi connectivity index (χ1n) is 8.91. The van der Waals surface area contributed by atoms with E-state index in [0.717, 1.165) is 27.6 Å². The normalized spacial score (nSPS) is 16.5. The number of benzene rings is 1. The molecule has 1 saturated heterocycles. The van der Waals surface area contributed by atoms with Gasteiger partial charge in [-0.05, 0) is 59.7 Å². The van der Waals surface area contributed by atoms with E-state index >= 15 is 0 Å². The molecule has 0 atom stereocenters. The molecule has 0 saturated carbocycles. The van der Waals surface area contributed by atoms with Crippen LogP contribution in [-0.2, 0) is 10.0 Å². The van der Waals surface area contributed by atoms with Gasteiger partial charge in [0.05, 0.1) is 6.26 Å². The maximum absolute atomic E-state index is 11.7. The third-order valence-corrected chi connectivity index (χ3v) is 6.20. The monoisotopic (exact) mass is 383 g/mol. The van der Waals surface area contributed by atoms with Crippen molar-refractivity contribution < 1.29 is 13.2 Å². The molecule has 0 N–H and O–H groups in total. The van der Waals surface area contributed by atoms with Gasteiger partial charge in [-0.1, -0.05) is 0 Å². The molecule has 0 aliphatic carbocycles. The number of ether oxygens (including phenoxy) is 1. The van der Waals surface area contributed by atoms with Crippen molar-refractivity contribution in [2.75, 3.05) is 19.3 Å². The number of aromatic nitrogens is 2. The van der Waals surface area contributed by atoms with Gasteiger partial charge < -0.3 is 4.74 Å². The van der Waals surface area contributed by atoms with E-state index in [0.29, 0.717) is 25.9 Å². The van der Waals surface area contributed by atoms with Crippen molar-refractivity contribution >= 4 is 20.8 Å². The minimum absolute atomic E-state index is 0.0147. The number of pyridine rings is 2. The number of hydrogen-bond donors (Lipinski definition) is 0. The molecule has 1 aliphatic heterocycles. The topological polar surface area (TPSA) is 72.4 Å². The number of nitrogens with zero attached hydrogens (tertiary/aromatic N) is 3. The first-order chi connectivity index (χ1) is 13.0. The summed E-state index contributed by atoms with van der Waals surface area (Å²) in [7, 11) is -3.14. The molecule has 0 bridgehead atoms. The lowest BCUT2D eigenvalue weighted by molar-refractivity contribution is 0.137. The average Bonchev–Trinajstić information content (AvgIpc) is 2.68. The second-order valence-corrected chi connectivity index (χ2v) is 8.77. The zero-order chi connectivity index (χ0) is 18.9. The highest BCUT2D eigenvalue weighted by Gasteiger charge is 2.26.